The zero-order chi connectivity index (χ0) is 13.2. The third-order valence-electron chi connectivity index (χ3n) is 1.91. The Morgan fingerprint density at radius 2 is 2.17 bits per heavy atom. The first-order chi connectivity index (χ1) is 8.51. The van der Waals surface area contributed by atoms with Gasteiger partial charge >= 0.3 is 0 Å². The van der Waals surface area contributed by atoms with Crippen molar-refractivity contribution in [3.63, 3.8) is 0 Å². The fourth-order valence-electron chi connectivity index (χ4n) is 1.20. The molecular weight excluding hydrogens is 277 g/mol. The Morgan fingerprint density at radius 1 is 1.39 bits per heavy atom. The molecule has 5 nitrogen and oxygen atoms in total. The summed E-state index contributed by atoms with van der Waals surface area (Å²) in [4.78, 5) is 3.82. The molecule has 18 heavy (non-hydrogen) atoms. The lowest BCUT2D eigenvalue weighted by atomic mass is 10.4. The topological polar surface area (TPSA) is 82.8 Å². The van der Waals surface area contributed by atoms with Crippen molar-refractivity contribution >= 4 is 27.0 Å². The quantitative estimate of drug-likeness (QED) is 0.933. The molecule has 0 radical (unpaired) electrons. The molecule has 0 aliphatic carbocycles. The lowest BCUT2D eigenvalue weighted by Crippen LogP contribution is -2.11. The van der Waals surface area contributed by atoms with Crippen LogP contribution < -0.4 is 4.72 Å². The third-order valence-corrected chi connectivity index (χ3v) is 4.78. The number of sulfonamides is 1. The van der Waals surface area contributed by atoms with E-state index in [1.165, 1.54) is 18.3 Å². The molecular formula is C10H6FN3O2S2. The van der Waals surface area contributed by atoms with E-state index < -0.39 is 15.8 Å². The van der Waals surface area contributed by atoms with Gasteiger partial charge in [0.2, 0.25) is 0 Å². The van der Waals surface area contributed by atoms with Crippen molar-refractivity contribution in [3.05, 3.63) is 41.3 Å². The number of nitrogens with zero attached hydrogens (tertiary/aromatic N) is 2. The molecule has 0 unspecified atom stereocenters. The fourth-order valence-corrected chi connectivity index (χ4v) is 3.34. The summed E-state index contributed by atoms with van der Waals surface area (Å²) in [5.41, 5.74) is 0.0295. The van der Waals surface area contributed by atoms with Crippen LogP contribution >= 0.6 is 11.3 Å². The van der Waals surface area contributed by atoms with E-state index in [0.29, 0.717) is 0 Å². The van der Waals surface area contributed by atoms with E-state index in [1.54, 1.807) is 0 Å². The van der Waals surface area contributed by atoms with Crippen molar-refractivity contribution in [3.8, 4) is 6.07 Å². The molecule has 1 N–H and O–H groups in total. The third kappa shape index (κ3) is 2.64. The SMILES string of the molecule is N#Cc1ccc(S(=O)(=O)Nc2cncc(F)c2)s1. The maximum absolute atomic E-state index is 12.9. The van der Waals surface area contributed by atoms with Crippen molar-refractivity contribution in [2.45, 2.75) is 4.21 Å². The number of thiophene rings is 1. The number of pyridine rings is 1. The first-order valence-electron chi connectivity index (χ1n) is 4.64. The second-order valence-corrected chi connectivity index (χ2v) is 6.22. The van der Waals surface area contributed by atoms with Crippen LogP contribution in [0.3, 0.4) is 0 Å². The standard InChI is InChI=1S/C10H6FN3O2S2/c11-7-3-8(6-13-5-7)14-18(15,16)10-2-1-9(4-12)17-10/h1-3,5-6,14H. The minimum absolute atomic E-state index is 0.0108. The number of hydrogen-bond acceptors (Lipinski definition) is 5. The van der Waals surface area contributed by atoms with E-state index in [0.717, 1.165) is 23.6 Å². The smallest absolute Gasteiger partial charge is 0.271 e. The van der Waals surface area contributed by atoms with Crippen LogP contribution in [-0.2, 0) is 10.0 Å². The van der Waals surface area contributed by atoms with Crippen LogP contribution in [0, 0.1) is 17.1 Å². The second-order valence-electron chi connectivity index (χ2n) is 3.23. The fraction of sp³-hybridized carbons (Fsp3) is 0. The molecule has 0 saturated carbocycles. The van der Waals surface area contributed by atoms with Gasteiger partial charge in [-0.15, -0.1) is 11.3 Å². The summed E-state index contributed by atoms with van der Waals surface area (Å²) in [6, 6.07) is 5.59. The molecule has 0 spiro atoms. The van der Waals surface area contributed by atoms with Crippen molar-refractivity contribution in [1.82, 2.24) is 4.98 Å². The highest BCUT2D eigenvalue weighted by molar-refractivity contribution is 7.94. The van der Waals surface area contributed by atoms with Crippen LogP contribution in [0.1, 0.15) is 4.88 Å². The minimum atomic E-state index is -3.81. The van der Waals surface area contributed by atoms with Crippen molar-refractivity contribution < 1.29 is 12.8 Å². The van der Waals surface area contributed by atoms with Gasteiger partial charge in [0.15, 0.2) is 0 Å². The average molecular weight is 283 g/mol. The highest BCUT2D eigenvalue weighted by Crippen LogP contribution is 2.23. The van der Waals surface area contributed by atoms with Gasteiger partial charge in [0.05, 0.1) is 18.1 Å². The molecule has 2 rings (SSSR count). The Kier molecular flexibility index (Phi) is 3.27. The molecule has 2 aromatic rings. The number of nitrogens with one attached hydrogen (secondary N) is 1. The Bertz CT molecular complexity index is 719. The molecule has 8 heteroatoms. The number of anilines is 1. The number of aromatic nitrogens is 1. The van der Waals surface area contributed by atoms with Crippen LogP contribution in [0.5, 0.6) is 0 Å². The summed E-state index contributed by atoms with van der Waals surface area (Å²) in [6.07, 6.45) is 2.16. The Balaban J connectivity index is 2.30. The molecule has 0 aromatic carbocycles. The molecule has 2 heterocycles. The number of rotatable bonds is 3. The van der Waals surface area contributed by atoms with Crippen molar-refractivity contribution in [1.29, 1.82) is 5.26 Å². The minimum Gasteiger partial charge on any atom is -0.277 e. The second kappa shape index (κ2) is 4.72. The van der Waals surface area contributed by atoms with Crippen LogP contribution in [0.4, 0.5) is 10.1 Å². The van der Waals surface area contributed by atoms with Gasteiger partial charge in [-0.05, 0) is 12.1 Å². The van der Waals surface area contributed by atoms with Gasteiger partial charge in [-0.2, -0.15) is 5.26 Å². The van der Waals surface area contributed by atoms with E-state index in [-0.39, 0.29) is 14.8 Å². The number of nitriles is 1. The first-order valence-corrected chi connectivity index (χ1v) is 6.94. The van der Waals surface area contributed by atoms with E-state index in [9.17, 15) is 12.8 Å². The van der Waals surface area contributed by atoms with E-state index >= 15 is 0 Å². The van der Waals surface area contributed by atoms with Crippen LogP contribution in [-0.4, -0.2) is 13.4 Å². The predicted octanol–water partition coefficient (Wildman–Crippen LogP) is 1.95. The molecule has 0 aliphatic heterocycles. The van der Waals surface area contributed by atoms with Gasteiger partial charge in [-0.1, -0.05) is 0 Å². The van der Waals surface area contributed by atoms with E-state index in [1.807, 2.05) is 6.07 Å². The highest BCUT2D eigenvalue weighted by atomic mass is 32.2. The maximum atomic E-state index is 12.9. The maximum Gasteiger partial charge on any atom is 0.271 e. The van der Waals surface area contributed by atoms with Gasteiger partial charge < -0.3 is 0 Å². The normalized spacial score (nSPS) is 10.9. The highest BCUT2D eigenvalue weighted by Gasteiger charge is 2.17. The lowest BCUT2D eigenvalue weighted by molar-refractivity contribution is 0.603. The zero-order valence-electron chi connectivity index (χ0n) is 8.79. The summed E-state index contributed by atoms with van der Waals surface area (Å²) in [5.74, 6) is -0.640. The molecule has 0 amide bonds. The summed E-state index contributed by atoms with van der Waals surface area (Å²) in [6.45, 7) is 0. The first kappa shape index (κ1) is 12.5. The van der Waals surface area contributed by atoms with E-state index in [2.05, 4.69) is 9.71 Å². The molecule has 0 saturated heterocycles. The van der Waals surface area contributed by atoms with E-state index in [4.69, 9.17) is 5.26 Å². The van der Waals surface area contributed by atoms with Gasteiger partial charge in [0.25, 0.3) is 10.0 Å². The zero-order valence-corrected chi connectivity index (χ0v) is 10.4. The summed E-state index contributed by atoms with van der Waals surface area (Å²) < 4.78 is 38.8. The predicted molar refractivity (Wildman–Crippen MR) is 64.0 cm³/mol. The largest absolute Gasteiger partial charge is 0.277 e. The van der Waals surface area contributed by atoms with Crippen LogP contribution in [0.2, 0.25) is 0 Å². The lowest BCUT2D eigenvalue weighted by Gasteiger charge is -2.05. The molecule has 0 bridgehead atoms. The monoisotopic (exact) mass is 283 g/mol. The molecule has 2 aromatic heterocycles. The Labute approximate surface area is 107 Å². The number of halogens is 1. The molecule has 0 fully saturated rings. The number of hydrogen-bond donors (Lipinski definition) is 1. The van der Waals surface area contributed by atoms with Gasteiger partial charge in [-0.3, -0.25) is 9.71 Å². The van der Waals surface area contributed by atoms with Gasteiger partial charge in [-0.25, -0.2) is 12.8 Å². The van der Waals surface area contributed by atoms with Crippen LogP contribution in [0.25, 0.3) is 0 Å². The molecule has 92 valence electrons. The summed E-state index contributed by atoms with van der Waals surface area (Å²) in [7, 11) is -3.81. The Hall–Kier alpha value is -1.98. The van der Waals surface area contributed by atoms with Crippen molar-refractivity contribution in [2.75, 3.05) is 4.72 Å². The summed E-state index contributed by atoms with van der Waals surface area (Å²) >= 11 is 0.838. The average Bonchev–Trinajstić information content (AvgIpc) is 2.77. The molecule has 0 atom stereocenters. The Morgan fingerprint density at radius 3 is 2.78 bits per heavy atom. The van der Waals surface area contributed by atoms with Crippen LogP contribution in [0.15, 0.2) is 34.8 Å². The van der Waals surface area contributed by atoms with Gasteiger partial charge in [0, 0.05) is 6.07 Å². The molecule has 0 aliphatic rings. The van der Waals surface area contributed by atoms with Gasteiger partial charge in [0.1, 0.15) is 21.0 Å². The summed E-state index contributed by atoms with van der Waals surface area (Å²) in [5, 5.41) is 8.63. The van der Waals surface area contributed by atoms with Crippen molar-refractivity contribution in [2.24, 2.45) is 0 Å².